The monoisotopic (exact) mass is 532 g/mol. The molecule has 1 aromatic rings. The van der Waals surface area contributed by atoms with Crippen LogP contribution in [-0.4, -0.2) is 83.6 Å². The van der Waals surface area contributed by atoms with Crippen molar-refractivity contribution in [1.29, 1.82) is 0 Å². The number of likely N-dealkylation sites (tertiary alicyclic amines) is 1. The minimum absolute atomic E-state index is 0. The molecule has 0 saturated carbocycles. The number of aliphatic hydroxyl groups is 1. The van der Waals surface area contributed by atoms with E-state index >= 15 is 0 Å². The molecule has 11 heteroatoms. The summed E-state index contributed by atoms with van der Waals surface area (Å²) in [6.45, 7) is 2.11. The molecule has 38 heavy (non-hydrogen) atoms. The van der Waals surface area contributed by atoms with Gasteiger partial charge in [0, 0.05) is 24.4 Å². The summed E-state index contributed by atoms with van der Waals surface area (Å²) in [4.78, 5) is 38.1. The molecule has 1 aromatic carbocycles. The maximum absolute atomic E-state index is 12.9. The first kappa shape index (κ1) is 27.9. The fourth-order valence-electron chi connectivity index (χ4n) is 6.49. The molecular formula is C27H36N2O9. The number of hydrogen-bond acceptors (Lipinski definition) is 10. The molecule has 2 bridgehead atoms. The number of carboxylic acids is 1. The average molecular weight is 533 g/mol. The van der Waals surface area contributed by atoms with Gasteiger partial charge in [0.05, 0.1) is 18.1 Å². The second kappa shape index (κ2) is 9.87. The Morgan fingerprint density at radius 3 is 2.74 bits per heavy atom. The zero-order valence-electron chi connectivity index (χ0n) is 21.1. The van der Waals surface area contributed by atoms with E-state index in [1.54, 1.807) is 13.2 Å². The Kier molecular flexibility index (Phi) is 7.24. The molecule has 208 valence electrons. The maximum atomic E-state index is 12.9. The molecule has 5 rings (SSSR count). The smallest absolute Gasteiger partial charge is 0.352 e. The number of esters is 2. The summed E-state index contributed by atoms with van der Waals surface area (Å²) in [7, 11) is 3.57. The fourth-order valence-corrected chi connectivity index (χ4v) is 6.49. The lowest BCUT2D eigenvalue weighted by molar-refractivity contribution is -0.175. The van der Waals surface area contributed by atoms with Gasteiger partial charge in [0.25, 0.3) is 0 Å². The highest BCUT2D eigenvalue weighted by molar-refractivity contribution is 5.80. The number of likely N-dealkylation sites (N-methyl/N-ethyl adjacent to an activating group) is 1. The van der Waals surface area contributed by atoms with Crippen molar-refractivity contribution in [3.8, 4) is 11.5 Å². The number of nitrogens with two attached hydrogens (primary N) is 1. The van der Waals surface area contributed by atoms with E-state index in [9.17, 15) is 19.5 Å². The van der Waals surface area contributed by atoms with Crippen molar-refractivity contribution in [3.05, 3.63) is 35.1 Å². The maximum Gasteiger partial charge on any atom is 0.352 e. The quantitative estimate of drug-likeness (QED) is 0.414. The lowest BCUT2D eigenvalue weighted by atomic mass is 9.50. The van der Waals surface area contributed by atoms with E-state index < -0.39 is 47.2 Å². The molecule has 0 radical (unpaired) electrons. The third-order valence-corrected chi connectivity index (χ3v) is 8.39. The summed E-state index contributed by atoms with van der Waals surface area (Å²) in [6, 6.07) is 2.54. The lowest BCUT2D eigenvalue weighted by Gasteiger charge is -2.61. The van der Waals surface area contributed by atoms with E-state index in [1.807, 2.05) is 19.2 Å². The second-order valence-electron chi connectivity index (χ2n) is 10.3. The molecule has 1 fully saturated rings. The van der Waals surface area contributed by atoms with E-state index in [2.05, 4.69) is 4.90 Å². The van der Waals surface area contributed by atoms with E-state index in [0.29, 0.717) is 24.3 Å². The van der Waals surface area contributed by atoms with Crippen LogP contribution in [0, 0.1) is 0 Å². The molecule has 4 aliphatic rings. The first-order valence-corrected chi connectivity index (χ1v) is 12.4. The number of carbonyl (C=O) groups is 3. The van der Waals surface area contributed by atoms with Crippen molar-refractivity contribution in [3.63, 3.8) is 0 Å². The van der Waals surface area contributed by atoms with Crippen molar-refractivity contribution in [2.45, 2.75) is 81.8 Å². The summed E-state index contributed by atoms with van der Waals surface area (Å²) in [6.07, 6.45) is 0.861. The summed E-state index contributed by atoms with van der Waals surface area (Å²) in [5.41, 5.74) is 5.46. The third-order valence-electron chi connectivity index (χ3n) is 8.39. The van der Waals surface area contributed by atoms with Crippen LogP contribution in [0.5, 0.6) is 11.5 Å². The number of carbonyl (C=O) groups excluding carboxylic acids is 2. The van der Waals surface area contributed by atoms with Crippen molar-refractivity contribution >= 4 is 17.9 Å². The summed E-state index contributed by atoms with van der Waals surface area (Å²) < 4.78 is 22.9. The highest BCUT2D eigenvalue weighted by Gasteiger charge is 2.72. The molecule has 0 amide bonds. The predicted octanol–water partition coefficient (Wildman–Crippen LogP) is 1.28. The van der Waals surface area contributed by atoms with Gasteiger partial charge in [-0.3, -0.25) is 9.59 Å². The summed E-state index contributed by atoms with van der Waals surface area (Å²) in [5, 5.41) is 21.1. The van der Waals surface area contributed by atoms with Crippen LogP contribution in [0.4, 0.5) is 0 Å². The Balaban J connectivity index is 0.00000336. The molecule has 4 N–H and O–H groups in total. The Morgan fingerprint density at radius 2 is 2.05 bits per heavy atom. The average Bonchev–Trinajstić information content (AvgIpc) is 3.22. The number of methoxy groups -OCH3 is 1. The molecule has 0 unspecified atom stereocenters. The molecule has 1 spiro atoms. The molecule has 6 atom stereocenters. The Labute approximate surface area is 221 Å². The van der Waals surface area contributed by atoms with Crippen LogP contribution in [0.15, 0.2) is 24.0 Å². The van der Waals surface area contributed by atoms with E-state index in [-0.39, 0.29) is 38.5 Å². The van der Waals surface area contributed by atoms with Gasteiger partial charge in [-0.05, 0) is 57.5 Å². The molecule has 2 heterocycles. The highest BCUT2D eigenvalue weighted by atomic mass is 16.6. The zero-order valence-corrected chi connectivity index (χ0v) is 21.1. The number of rotatable bonds is 8. The zero-order chi connectivity index (χ0) is 26.7. The van der Waals surface area contributed by atoms with Crippen LogP contribution in [0.3, 0.4) is 0 Å². The number of piperidine rings is 1. The van der Waals surface area contributed by atoms with Gasteiger partial charge in [-0.2, -0.15) is 0 Å². The Bertz CT molecular complexity index is 1180. The van der Waals surface area contributed by atoms with E-state index in [0.717, 1.165) is 17.7 Å². The minimum atomic E-state index is -1.24. The normalized spacial score (nSPS) is 30.0. The lowest BCUT2D eigenvalue weighted by Crippen LogP contribution is -2.74. The largest absolute Gasteiger partial charge is 0.493 e. The number of carboxylic acid groups (broad SMARTS) is 1. The molecule has 1 saturated heterocycles. The van der Waals surface area contributed by atoms with Crippen molar-refractivity contribution < 1.29 is 43.5 Å². The van der Waals surface area contributed by atoms with Crippen molar-refractivity contribution in [2.24, 2.45) is 5.73 Å². The molecule has 0 aromatic heterocycles. The number of nitrogens with zero attached hydrogens (tertiary/aromatic N) is 1. The van der Waals surface area contributed by atoms with Crippen LogP contribution < -0.4 is 15.2 Å². The van der Waals surface area contributed by atoms with Gasteiger partial charge in [-0.15, -0.1) is 0 Å². The number of aliphatic carboxylic acids is 1. The second-order valence-corrected chi connectivity index (χ2v) is 10.3. The van der Waals surface area contributed by atoms with Crippen LogP contribution in [0.2, 0.25) is 0 Å². The first-order chi connectivity index (χ1) is 17.5. The van der Waals surface area contributed by atoms with E-state index in [4.69, 9.17) is 29.8 Å². The summed E-state index contributed by atoms with van der Waals surface area (Å²) >= 11 is 0. The van der Waals surface area contributed by atoms with Crippen LogP contribution in [0.1, 0.15) is 51.2 Å². The predicted molar refractivity (Wildman–Crippen MR) is 135 cm³/mol. The topological polar surface area (TPSA) is 158 Å². The highest BCUT2D eigenvalue weighted by Crippen LogP contribution is 2.65. The third kappa shape index (κ3) is 3.95. The Morgan fingerprint density at radius 1 is 1.32 bits per heavy atom. The van der Waals surface area contributed by atoms with Gasteiger partial charge in [0.2, 0.25) is 0 Å². The fraction of sp³-hybridized carbons (Fsp3) is 0.593. The molecule has 2 aliphatic heterocycles. The van der Waals surface area contributed by atoms with E-state index in [1.165, 1.54) is 6.92 Å². The van der Waals surface area contributed by atoms with Crippen LogP contribution in [0.25, 0.3) is 0 Å². The van der Waals surface area contributed by atoms with Gasteiger partial charge in [-0.1, -0.05) is 13.5 Å². The van der Waals surface area contributed by atoms with Crippen molar-refractivity contribution in [2.75, 3.05) is 20.7 Å². The number of ether oxygens (including phenoxy) is 4. The molecular weight excluding hydrogens is 496 g/mol. The first-order valence-electron chi connectivity index (χ1n) is 12.4. The molecule has 11 nitrogen and oxygen atoms in total. The van der Waals surface area contributed by atoms with Crippen LogP contribution in [-0.2, 0) is 35.7 Å². The van der Waals surface area contributed by atoms with Gasteiger partial charge in [-0.25, -0.2) is 4.79 Å². The standard InChI is InChI=1S/C26H32N2O9.CH4/c1-13(35-19(29)7-5-15(27)23(30)31)24(32)36-17-8-9-26(33)18-12-14-4-6-16(34-3)21-20(14)25(26,22(17)37-21)10-11-28(18)2;/h4,6,8,13,15,18,22,33H,5,7,9-12,27H2,1-3H3,(H,30,31);1H4/t13-,15-,18+,22-,25-,26+;/m0./s1. The Hall–Kier alpha value is -3.15. The molecule has 2 aliphatic carbocycles. The SMILES string of the molecule is C.COc1ccc2c3c1O[C@H]1C(OC(=O)[C@H](C)OC(=O)CC[C@H](N)C(=O)O)=CC[C@@]4(O)[C@@H](C2)N(C)CC[C@]314. The van der Waals surface area contributed by atoms with Gasteiger partial charge >= 0.3 is 17.9 Å². The van der Waals surface area contributed by atoms with Gasteiger partial charge < -0.3 is 39.8 Å². The summed E-state index contributed by atoms with van der Waals surface area (Å²) in [5.74, 6) is -1.40. The van der Waals surface area contributed by atoms with Gasteiger partial charge in [0.1, 0.15) is 11.8 Å². The number of benzene rings is 1. The minimum Gasteiger partial charge on any atom is -0.493 e. The van der Waals surface area contributed by atoms with Gasteiger partial charge in [0.15, 0.2) is 23.7 Å². The van der Waals surface area contributed by atoms with Crippen LogP contribution >= 0.6 is 0 Å². The van der Waals surface area contributed by atoms with Crippen molar-refractivity contribution in [1.82, 2.24) is 4.90 Å². The number of hydrogen-bond donors (Lipinski definition) is 3.